The molecule has 1 aromatic heterocycles. The molecule has 2 nitrogen and oxygen atoms in total. The quantitative estimate of drug-likeness (QED) is 0.604. The number of hydrogen-bond acceptors (Lipinski definition) is 2. The van der Waals surface area contributed by atoms with Crippen LogP contribution in [0.4, 0.5) is 4.39 Å². The van der Waals surface area contributed by atoms with E-state index in [1.165, 1.54) is 6.07 Å². The minimum atomic E-state index is -0.465. The second kappa shape index (κ2) is 3.25. The molecular formula is C6H6FIN2. The Hall–Kier alpha value is -0.230. The fourth-order valence-electron chi connectivity index (χ4n) is 0.632. The Kier molecular flexibility index (Phi) is 2.56. The summed E-state index contributed by atoms with van der Waals surface area (Å²) in [5.41, 5.74) is 6.06. The highest BCUT2D eigenvalue weighted by Gasteiger charge is 1.96. The van der Waals surface area contributed by atoms with Crippen LogP contribution in [0.2, 0.25) is 0 Å². The predicted octanol–water partition coefficient (Wildman–Crippen LogP) is 1.28. The van der Waals surface area contributed by atoms with Crippen molar-refractivity contribution in [2.75, 3.05) is 0 Å². The second-order valence-electron chi connectivity index (χ2n) is 1.82. The van der Waals surface area contributed by atoms with Crippen LogP contribution in [0, 0.1) is 9.65 Å². The van der Waals surface area contributed by atoms with Crippen molar-refractivity contribution in [3.8, 4) is 0 Å². The van der Waals surface area contributed by atoms with Gasteiger partial charge in [-0.3, -0.25) is 0 Å². The SMILES string of the molecule is NCc1cc(F)nc(I)c1. The van der Waals surface area contributed by atoms with Gasteiger partial charge in [-0.05, 0) is 40.3 Å². The van der Waals surface area contributed by atoms with E-state index in [2.05, 4.69) is 4.98 Å². The first-order chi connectivity index (χ1) is 4.72. The summed E-state index contributed by atoms with van der Waals surface area (Å²) in [5.74, 6) is -0.465. The van der Waals surface area contributed by atoms with Crippen molar-refractivity contribution in [2.24, 2.45) is 5.73 Å². The molecule has 0 radical (unpaired) electrons. The van der Waals surface area contributed by atoms with Gasteiger partial charge >= 0.3 is 0 Å². The average Bonchev–Trinajstić information content (AvgIpc) is 1.85. The lowest BCUT2D eigenvalue weighted by atomic mass is 10.3. The third kappa shape index (κ3) is 1.88. The summed E-state index contributed by atoms with van der Waals surface area (Å²) in [4.78, 5) is 3.55. The summed E-state index contributed by atoms with van der Waals surface area (Å²) in [5, 5.41) is 0. The molecule has 0 saturated carbocycles. The Morgan fingerprint density at radius 2 is 2.30 bits per heavy atom. The molecule has 1 heterocycles. The van der Waals surface area contributed by atoms with Crippen LogP contribution >= 0.6 is 22.6 Å². The summed E-state index contributed by atoms with van der Waals surface area (Å²) in [7, 11) is 0. The van der Waals surface area contributed by atoms with E-state index in [0.29, 0.717) is 10.2 Å². The molecule has 0 aromatic carbocycles. The van der Waals surface area contributed by atoms with Gasteiger partial charge in [0.2, 0.25) is 5.95 Å². The number of pyridine rings is 1. The molecule has 0 bridgehead atoms. The molecule has 0 fully saturated rings. The van der Waals surface area contributed by atoms with Crippen molar-refractivity contribution in [3.05, 3.63) is 27.3 Å². The molecule has 0 aliphatic rings. The fourth-order valence-corrected chi connectivity index (χ4v) is 1.26. The van der Waals surface area contributed by atoms with E-state index in [-0.39, 0.29) is 0 Å². The molecular weight excluding hydrogens is 246 g/mol. The lowest BCUT2D eigenvalue weighted by Gasteiger charge is -1.95. The zero-order valence-corrected chi connectivity index (χ0v) is 7.30. The first-order valence-electron chi connectivity index (χ1n) is 2.74. The Morgan fingerprint density at radius 1 is 1.60 bits per heavy atom. The topological polar surface area (TPSA) is 38.9 Å². The minimum Gasteiger partial charge on any atom is -0.326 e. The van der Waals surface area contributed by atoms with Crippen LogP contribution in [0.3, 0.4) is 0 Å². The second-order valence-corrected chi connectivity index (χ2v) is 2.93. The van der Waals surface area contributed by atoms with Crippen molar-refractivity contribution in [1.82, 2.24) is 4.98 Å². The van der Waals surface area contributed by atoms with E-state index < -0.39 is 5.95 Å². The maximum Gasteiger partial charge on any atom is 0.214 e. The first kappa shape index (κ1) is 7.87. The van der Waals surface area contributed by atoms with Crippen LogP contribution < -0.4 is 5.73 Å². The molecule has 4 heteroatoms. The van der Waals surface area contributed by atoms with Crippen LogP contribution in [-0.2, 0) is 6.54 Å². The Bertz CT molecular complexity index is 219. The van der Waals surface area contributed by atoms with Gasteiger partial charge in [0.25, 0.3) is 0 Å². The maximum atomic E-state index is 12.4. The summed E-state index contributed by atoms with van der Waals surface area (Å²) < 4.78 is 13.1. The molecule has 10 heavy (non-hydrogen) atoms. The van der Waals surface area contributed by atoms with Crippen LogP contribution in [-0.4, -0.2) is 4.98 Å². The summed E-state index contributed by atoms with van der Waals surface area (Å²) in [6, 6.07) is 3.09. The summed E-state index contributed by atoms with van der Waals surface area (Å²) in [6.45, 7) is 0.357. The van der Waals surface area contributed by atoms with Crippen molar-refractivity contribution in [1.29, 1.82) is 0 Å². The number of hydrogen-bond donors (Lipinski definition) is 1. The molecule has 0 saturated heterocycles. The molecule has 0 aliphatic heterocycles. The lowest BCUT2D eigenvalue weighted by molar-refractivity contribution is 0.578. The Morgan fingerprint density at radius 3 is 2.80 bits per heavy atom. The fraction of sp³-hybridized carbons (Fsp3) is 0.167. The van der Waals surface area contributed by atoms with Crippen LogP contribution in [0.5, 0.6) is 0 Å². The van der Waals surface area contributed by atoms with E-state index >= 15 is 0 Å². The maximum absolute atomic E-state index is 12.4. The largest absolute Gasteiger partial charge is 0.326 e. The van der Waals surface area contributed by atoms with Crippen LogP contribution in [0.15, 0.2) is 12.1 Å². The smallest absolute Gasteiger partial charge is 0.214 e. The Balaban J connectivity index is 3.06. The number of nitrogens with zero attached hydrogens (tertiary/aromatic N) is 1. The third-order valence-corrected chi connectivity index (χ3v) is 1.61. The number of aromatic nitrogens is 1. The highest BCUT2D eigenvalue weighted by Crippen LogP contribution is 2.06. The van der Waals surface area contributed by atoms with Crippen molar-refractivity contribution in [2.45, 2.75) is 6.54 Å². The molecule has 0 aliphatic carbocycles. The van der Waals surface area contributed by atoms with E-state index in [1.54, 1.807) is 6.07 Å². The standard InChI is InChI=1S/C6H6FIN2/c7-5-1-4(3-9)2-6(8)10-5/h1-2H,3,9H2. The van der Waals surface area contributed by atoms with Gasteiger partial charge in [0.15, 0.2) is 0 Å². The van der Waals surface area contributed by atoms with Gasteiger partial charge < -0.3 is 5.73 Å². The molecule has 1 rings (SSSR count). The van der Waals surface area contributed by atoms with Gasteiger partial charge in [0.05, 0.1) is 0 Å². The molecule has 0 spiro atoms. The zero-order valence-electron chi connectivity index (χ0n) is 5.14. The van der Waals surface area contributed by atoms with E-state index in [1.807, 2.05) is 22.6 Å². The van der Waals surface area contributed by atoms with Gasteiger partial charge in [-0.1, -0.05) is 0 Å². The molecule has 2 N–H and O–H groups in total. The first-order valence-corrected chi connectivity index (χ1v) is 3.82. The number of nitrogens with two attached hydrogens (primary N) is 1. The normalized spacial score (nSPS) is 9.90. The third-order valence-electron chi connectivity index (χ3n) is 1.06. The summed E-state index contributed by atoms with van der Waals surface area (Å²) in [6.07, 6.45) is 0. The van der Waals surface area contributed by atoms with Crippen LogP contribution in [0.1, 0.15) is 5.56 Å². The van der Waals surface area contributed by atoms with Crippen molar-refractivity contribution >= 4 is 22.6 Å². The van der Waals surface area contributed by atoms with E-state index in [4.69, 9.17) is 5.73 Å². The van der Waals surface area contributed by atoms with Crippen molar-refractivity contribution in [3.63, 3.8) is 0 Å². The van der Waals surface area contributed by atoms with Gasteiger partial charge in [-0.15, -0.1) is 0 Å². The zero-order chi connectivity index (χ0) is 7.56. The highest BCUT2D eigenvalue weighted by molar-refractivity contribution is 14.1. The summed E-state index contributed by atoms with van der Waals surface area (Å²) >= 11 is 1.95. The van der Waals surface area contributed by atoms with E-state index in [9.17, 15) is 4.39 Å². The average molecular weight is 252 g/mol. The van der Waals surface area contributed by atoms with Gasteiger partial charge in [0.1, 0.15) is 3.70 Å². The molecule has 0 amide bonds. The molecule has 54 valence electrons. The molecule has 0 unspecified atom stereocenters. The van der Waals surface area contributed by atoms with Crippen molar-refractivity contribution < 1.29 is 4.39 Å². The number of halogens is 2. The highest BCUT2D eigenvalue weighted by atomic mass is 127. The van der Waals surface area contributed by atoms with Gasteiger partial charge in [0, 0.05) is 6.54 Å². The Labute approximate surface area is 71.8 Å². The van der Waals surface area contributed by atoms with Gasteiger partial charge in [-0.25, -0.2) is 4.98 Å². The minimum absolute atomic E-state index is 0.357. The predicted molar refractivity (Wildman–Crippen MR) is 44.8 cm³/mol. The van der Waals surface area contributed by atoms with E-state index in [0.717, 1.165) is 5.56 Å². The molecule has 1 aromatic rings. The van der Waals surface area contributed by atoms with Crippen LogP contribution in [0.25, 0.3) is 0 Å². The lowest BCUT2D eigenvalue weighted by Crippen LogP contribution is -1.99. The monoisotopic (exact) mass is 252 g/mol. The molecule has 0 atom stereocenters. The van der Waals surface area contributed by atoms with Gasteiger partial charge in [-0.2, -0.15) is 4.39 Å². The number of rotatable bonds is 1.